The monoisotopic (exact) mass is 376 g/mol. The second-order valence-corrected chi connectivity index (χ2v) is 7.89. The van der Waals surface area contributed by atoms with Crippen molar-refractivity contribution in [1.29, 1.82) is 0 Å². The third-order valence-corrected chi connectivity index (χ3v) is 5.93. The lowest BCUT2D eigenvalue weighted by Gasteiger charge is -2.31. The minimum Gasteiger partial charge on any atom is -0.302 e. The Hall–Kier alpha value is -1.43. The molecule has 26 heavy (non-hydrogen) atoms. The minimum atomic E-state index is -0.0195. The minimum absolute atomic E-state index is 0.0195. The van der Waals surface area contributed by atoms with Gasteiger partial charge in [-0.3, -0.25) is 14.3 Å². The van der Waals surface area contributed by atoms with E-state index >= 15 is 0 Å². The Labute approximate surface area is 160 Å². The largest absolute Gasteiger partial charge is 0.302 e. The summed E-state index contributed by atoms with van der Waals surface area (Å²) >= 11 is 6.07. The Kier molecular flexibility index (Phi) is 6.00. The average Bonchev–Trinajstić information content (AvgIpc) is 2.79. The summed E-state index contributed by atoms with van der Waals surface area (Å²) in [6.07, 6.45) is 3.19. The van der Waals surface area contributed by atoms with Gasteiger partial charge in [-0.25, -0.2) is 4.98 Å². The molecule has 6 heteroatoms. The van der Waals surface area contributed by atoms with Crippen LogP contribution >= 0.6 is 11.6 Å². The smallest absolute Gasteiger partial charge is 0.261 e. The van der Waals surface area contributed by atoms with Crippen molar-refractivity contribution in [3.8, 4) is 0 Å². The Morgan fingerprint density at radius 1 is 1.27 bits per heavy atom. The quantitative estimate of drug-likeness (QED) is 0.819. The van der Waals surface area contributed by atoms with Crippen LogP contribution in [0.4, 0.5) is 0 Å². The first-order chi connectivity index (χ1) is 12.4. The molecule has 0 radical (unpaired) electrons. The molecule has 2 aromatic rings. The molecule has 1 unspecified atom stereocenters. The first kappa shape index (κ1) is 19.3. The standard InChI is InChI=1S/C20H29ClN4O/c1-5-6-18(25-10-9-14(2)23(3)11-12-25)19-22-17-8-7-15(21)13-16(17)20(26)24(19)4/h7-8,13-14,18H,5-6,9-12H2,1-4H3/t14-,18?/m0/s1. The van der Waals surface area contributed by atoms with Crippen LogP contribution in [0.5, 0.6) is 0 Å². The molecule has 1 aromatic heterocycles. The molecule has 1 saturated heterocycles. The van der Waals surface area contributed by atoms with Crippen molar-refractivity contribution in [2.24, 2.45) is 7.05 Å². The lowest BCUT2D eigenvalue weighted by atomic mass is 10.1. The average molecular weight is 377 g/mol. The number of aromatic nitrogens is 2. The fourth-order valence-electron chi connectivity index (χ4n) is 3.81. The Balaban J connectivity index is 2.04. The van der Waals surface area contributed by atoms with E-state index in [1.165, 1.54) is 0 Å². The summed E-state index contributed by atoms with van der Waals surface area (Å²) in [4.78, 5) is 22.7. The Morgan fingerprint density at radius 2 is 2.04 bits per heavy atom. The predicted octanol–water partition coefficient (Wildman–Crippen LogP) is 3.45. The van der Waals surface area contributed by atoms with E-state index in [-0.39, 0.29) is 11.6 Å². The lowest BCUT2D eigenvalue weighted by molar-refractivity contribution is 0.181. The van der Waals surface area contributed by atoms with Gasteiger partial charge in [0.2, 0.25) is 0 Å². The summed E-state index contributed by atoms with van der Waals surface area (Å²) in [5, 5.41) is 1.15. The second kappa shape index (κ2) is 8.07. The van der Waals surface area contributed by atoms with Crippen LogP contribution in [-0.2, 0) is 7.05 Å². The van der Waals surface area contributed by atoms with Gasteiger partial charge in [-0.2, -0.15) is 0 Å². The summed E-state index contributed by atoms with van der Waals surface area (Å²) in [6, 6.07) is 6.11. The van der Waals surface area contributed by atoms with E-state index in [9.17, 15) is 4.79 Å². The van der Waals surface area contributed by atoms with Crippen LogP contribution in [-0.4, -0.2) is 52.1 Å². The van der Waals surface area contributed by atoms with Gasteiger partial charge in [-0.1, -0.05) is 24.9 Å². The maximum absolute atomic E-state index is 12.9. The molecule has 1 aromatic carbocycles. The number of hydrogen-bond acceptors (Lipinski definition) is 4. The third kappa shape index (κ3) is 3.80. The van der Waals surface area contributed by atoms with Crippen LogP contribution in [0.25, 0.3) is 10.9 Å². The van der Waals surface area contributed by atoms with Crippen LogP contribution in [0.1, 0.15) is 45.0 Å². The van der Waals surface area contributed by atoms with Crippen LogP contribution < -0.4 is 5.56 Å². The second-order valence-electron chi connectivity index (χ2n) is 7.45. The van der Waals surface area contributed by atoms with Gasteiger partial charge in [0.25, 0.3) is 5.56 Å². The molecule has 3 rings (SSSR count). The number of benzene rings is 1. The highest BCUT2D eigenvalue weighted by atomic mass is 35.5. The Bertz CT molecular complexity index is 822. The van der Waals surface area contributed by atoms with Gasteiger partial charge in [-0.05, 0) is 45.0 Å². The van der Waals surface area contributed by atoms with E-state index in [0.717, 1.165) is 50.2 Å². The van der Waals surface area contributed by atoms with Gasteiger partial charge < -0.3 is 4.90 Å². The van der Waals surface area contributed by atoms with Gasteiger partial charge in [0.1, 0.15) is 5.82 Å². The maximum atomic E-state index is 12.9. The normalized spacial score (nSPS) is 21.0. The molecule has 0 saturated carbocycles. The van der Waals surface area contributed by atoms with E-state index in [1.807, 2.05) is 13.1 Å². The molecule has 0 bridgehead atoms. The number of halogens is 1. The van der Waals surface area contributed by atoms with Crippen molar-refractivity contribution in [2.75, 3.05) is 26.7 Å². The van der Waals surface area contributed by atoms with Crippen molar-refractivity contribution in [3.05, 3.63) is 39.4 Å². The summed E-state index contributed by atoms with van der Waals surface area (Å²) < 4.78 is 1.72. The van der Waals surface area contributed by atoms with Gasteiger partial charge in [0.15, 0.2) is 0 Å². The molecular weight excluding hydrogens is 348 g/mol. The van der Waals surface area contributed by atoms with E-state index in [4.69, 9.17) is 16.6 Å². The predicted molar refractivity (Wildman–Crippen MR) is 108 cm³/mol. The number of likely N-dealkylation sites (N-methyl/N-ethyl adjacent to an activating group) is 1. The zero-order chi connectivity index (χ0) is 18.8. The zero-order valence-corrected chi connectivity index (χ0v) is 17.0. The molecule has 0 spiro atoms. The van der Waals surface area contributed by atoms with E-state index in [1.54, 1.807) is 16.7 Å². The topological polar surface area (TPSA) is 41.4 Å². The van der Waals surface area contributed by atoms with Crippen molar-refractivity contribution >= 4 is 22.5 Å². The van der Waals surface area contributed by atoms with Crippen molar-refractivity contribution in [3.63, 3.8) is 0 Å². The lowest BCUT2D eigenvalue weighted by Crippen LogP contribution is -2.36. The van der Waals surface area contributed by atoms with E-state index < -0.39 is 0 Å². The SMILES string of the molecule is CCCC(c1nc2ccc(Cl)cc2c(=O)n1C)N1CC[C@H](C)N(C)CC1. The third-order valence-electron chi connectivity index (χ3n) is 5.70. The molecule has 0 amide bonds. The zero-order valence-electron chi connectivity index (χ0n) is 16.2. The highest BCUT2D eigenvalue weighted by Gasteiger charge is 2.27. The molecule has 5 nitrogen and oxygen atoms in total. The molecule has 2 heterocycles. The summed E-state index contributed by atoms with van der Waals surface area (Å²) in [5.74, 6) is 0.865. The fraction of sp³-hybridized carbons (Fsp3) is 0.600. The molecule has 0 N–H and O–H groups in total. The Morgan fingerprint density at radius 3 is 2.77 bits per heavy atom. The van der Waals surface area contributed by atoms with Crippen LogP contribution in [0.3, 0.4) is 0 Å². The van der Waals surface area contributed by atoms with Gasteiger partial charge in [-0.15, -0.1) is 0 Å². The highest BCUT2D eigenvalue weighted by Crippen LogP contribution is 2.27. The van der Waals surface area contributed by atoms with Gasteiger partial charge >= 0.3 is 0 Å². The van der Waals surface area contributed by atoms with Crippen molar-refractivity contribution in [1.82, 2.24) is 19.4 Å². The molecule has 1 fully saturated rings. The first-order valence-corrected chi connectivity index (χ1v) is 9.90. The highest BCUT2D eigenvalue weighted by molar-refractivity contribution is 6.31. The van der Waals surface area contributed by atoms with Crippen molar-refractivity contribution < 1.29 is 0 Å². The fourth-order valence-corrected chi connectivity index (χ4v) is 3.98. The van der Waals surface area contributed by atoms with Gasteiger partial charge in [0.05, 0.1) is 16.9 Å². The molecule has 2 atom stereocenters. The van der Waals surface area contributed by atoms with E-state index in [0.29, 0.717) is 16.5 Å². The van der Waals surface area contributed by atoms with E-state index in [2.05, 4.69) is 30.7 Å². The number of nitrogens with zero attached hydrogens (tertiary/aromatic N) is 4. The molecule has 0 aliphatic carbocycles. The molecule has 142 valence electrons. The number of hydrogen-bond donors (Lipinski definition) is 0. The summed E-state index contributed by atoms with van der Waals surface area (Å²) in [6.45, 7) is 7.55. The number of rotatable bonds is 4. The summed E-state index contributed by atoms with van der Waals surface area (Å²) in [5.41, 5.74) is 0.711. The van der Waals surface area contributed by atoms with Crippen LogP contribution in [0.15, 0.2) is 23.0 Å². The van der Waals surface area contributed by atoms with Crippen molar-refractivity contribution in [2.45, 2.75) is 45.2 Å². The molecular formula is C20H29ClN4O. The van der Waals surface area contributed by atoms with Gasteiger partial charge in [0, 0.05) is 37.7 Å². The first-order valence-electron chi connectivity index (χ1n) is 9.52. The number of fused-ring (bicyclic) bond motifs is 1. The summed E-state index contributed by atoms with van der Waals surface area (Å²) in [7, 11) is 4.02. The molecule has 1 aliphatic heterocycles. The maximum Gasteiger partial charge on any atom is 0.261 e. The molecule has 1 aliphatic rings. The van der Waals surface area contributed by atoms with Crippen LogP contribution in [0.2, 0.25) is 5.02 Å². The van der Waals surface area contributed by atoms with Crippen LogP contribution in [0, 0.1) is 0 Å².